The molecule has 1 aromatic carbocycles. The molecule has 0 aliphatic carbocycles. The summed E-state index contributed by atoms with van der Waals surface area (Å²) < 4.78 is 0. The highest BCUT2D eigenvalue weighted by Crippen LogP contribution is 2.25. The van der Waals surface area contributed by atoms with E-state index < -0.39 is 0 Å². The number of hydrogen-bond donors (Lipinski definition) is 1. The fraction of sp³-hybridized carbons (Fsp3) is 0.588. The Bertz CT molecular complexity index is 472. The number of benzene rings is 1. The number of amides is 1. The normalized spacial score (nSPS) is 24.5. The van der Waals surface area contributed by atoms with Gasteiger partial charge < -0.3 is 10.6 Å². The van der Waals surface area contributed by atoms with Crippen LogP contribution in [0.5, 0.6) is 0 Å². The van der Waals surface area contributed by atoms with Gasteiger partial charge in [-0.1, -0.05) is 31.2 Å². The van der Waals surface area contributed by atoms with Gasteiger partial charge in [0.2, 0.25) is 5.91 Å². The monoisotopic (exact) mass is 274 g/mol. The molecule has 0 radical (unpaired) electrons. The molecule has 2 N–H and O–H groups in total. The summed E-state index contributed by atoms with van der Waals surface area (Å²) in [7, 11) is 0. The first-order valence-electron chi connectivity index (χ1n) is 7.59. The summed E-state index contributed by atoms with van der Waals surface area (Å²) in [5.41, 5.74) is 8.51. The zero-order valence-electron chi connectivity index (χ0n) is 12.8. The Morgan fingerprint density at radius 1 is 1.45 bits per heavy atom. The molecule has 1 fully saturated rings. The lowest BCUT2D eigenvalue weighted by atomic mass is 9.92. The van der Waals surface area contributed by atoms with E-state index in [1.54, 1.807) is 0 Å². The second-order valence-corrected chi connectivity index (χ2v) is 6.18. The number of piperidine rings is 1. The summed E-state index contributed by atoms with van der Waals surface area (Å²) in [4.78, 5) is 14.5. The number of aryl methyl sites for hydroxylation is 1. The molecule has 1 aliphatic heterocycles. The Morgan fingerprint density at radius 3 is 2.80 bits per heavy atom. The van der Waals surface area contributed by atoms with Gasteiger partial charge in [0.15, 0.2) is 0 Å². The van der Waals surface area contributed by atoms with Crippen LogP contribution in [0.25, 0.3) is 0 Å². The van der Waals surface area contributed by atoms with Crippen molar-refractivity contribution in [1.82, 2.24) is 4.90 Å². The maximum atomic E-state index is 12.5. The summed E-state index contributed by atoms with van der Waals surface area (Å²) in [5, 5.41) is 0. The van der Waals surface area contributed by atoms with Gasteiger partial charge >= 0.3 is 0 Å². The number of carbonyl (C=O) groups excluding carboxylic acids is 1. The lowest BCUT2D eigenvalue weighted by Crippen LogP contribution is -2.48. The number of rotatable bonds is 3. The van der Waals surface area contributed by atoms with Crippen molar-refractivity contribution in [2.45, 2.75) is 58.0 Å². The number of nitrogens with zero attached hydrogens (tertiary/aromatic N) is 1. The summed E-state index contributed by atoms with van der Waals surface area (Å²) in [5.74, 6) is 0.534. The largest absolute Gasteiger partial charge is 0.340 e. The topological polar surface area (TPSA) is 46.3 Å². The number of nitrogens with two attached hydrogens (primary N) is 1. The highest BCUT2D eigenvalue weighted by atomic mass is 16.2. The molecule has 0 bridgehead atoms. The van der Waals surface area contributed by atoms with E-state index in [0.717, 1.165) is 19.4 Å². The van der Waals surface area contributed by atoms with Crippen molar-refractivity contribution < 1.29 is 4.79 Å². The van der Waals surface area contributed by atoms with Crippen molar-refractivity contribution in [3.8, 4) is 0 Å². The van der Waals surface area contributed by atoms with Crippen LogP contribution in [-0.2, 0) is 4.79 Å². The predicted molar refractivity (Wildman–Crippen MR) is 82.6 cm³/mol. The fourth-order valence-corrected chi connectivity index (χ4v) is 3.21. The van der Waals surface area contributed by atoms with Crippen LogP contribution in [0.2, 0.25) is 0 Å². The highest BCUT2D eigenvalue weighted by molar-refractivity contribution is 5.77. The van der Waals surface area contributed by atoms with E-state index >= 15 is 0 Å². The van der Waals surface area contributed by atoms with E-state index in [4.69, 9.17) is 5.73 Å². The third kappa shape index (κ3) is 3.40. The first kappa shape index (κ1) is 15.0. The summed E-state index contributed by atoms with van der Waals surface area (Å²) in [6, 6.07) is 8.85. The van der Waals surface area contributed by atoms with E-state index in [-0.39, 0.29) is 23.9 Å². The van der Waals surface area contributed by atoms with Gasteiger partial charge in [0.1, 0.15) is 0 Å². The van der Waals surface area contributed by atoms with Gasteiger partial charge in [-0.3, -0.25) is 4.79 Å². The van der Waals surface area contributed by atoms with E-state index in [2.05, 4.69) is 32.9 Å². The third-order valence-electron chi connectivity index (χ3n) is 4.44. The van der Waals surface area contributed by atoms with Crippen LogP contribution in [-0.4, -0.2) is 29.4 Å². The predicted octanol–water partition coefficient (Wildman–Crippen LogP) is 2.83. The van der Waals surface area contributed by atoms with Gasteiger partial charge in [0, 0.05) is 25.0 Å². The Labute approximate surface area is 122 Å². The molecule has 1 aromatic rings. The van der Waals surface area contributed by atoms with E-state index in [1.165, 1.54) is 11.1 Å². The van der Waals surface area contributed by atoms with Gasteiger partial charge in [0.25, 0.3) is 0 Å². The van der Waals surface area contributed by atoms with Crippen molar-refractivity contribution in [2.24, 2.45) is 5.73 Å². The molecule has 3 atom stereocenters. The zero-order chi connectivity index (χ0) is 14.7. The molecule has 1 saturated heterocycles. The molecule has 110 valence electrons. The van der Waals surface area contributed by atoms with Gasteiger partial charge in [-0.15, -0.1) is 0 Å². The van der Waals surface area contributed by atoms with Crippen LogP contribution in [0.15, 0.2) is 24.3 Å². The van der Waals surface area contributed by atoms with Gasteiger partial charge in [-0.25, -0.2) is 0 Å². The molecule has 0 aromatic heterocycles. The minimum atomic E-state index is 0.253. The Kier molecular flexibility index (Phi) is 4.81. The molecule has 3 heteroatoms. The van der Waals surface area contributed by atoms with Crippen LogP contribution >= 0.6 is 0 Å². The molecule has 3 nitrogen and oxygen atoms in total. The van der Waals surface area contributed by atoms with Crippen LogP contribution in [0.1, 0.15) is 50.2 Å². The Balaban J connectivity index is 1.99. The first-order valence-corrected chi connectivity index (χ1v) is 7.59. The van der Waals surface area contributed by atoms with Crippen molar-refractivity contribution in [2.75, 3.05) is 6.54 Å². The standard InChI is InChI=1S/C17H26N2O/c1-12-6-4-5-7-16(12)13(2)10-17(20)19-9-8-15(18)11-14(19)3/h4-7,13-15H,8-11,18H2,1-3H3/t13-,14-,15+/m1/s1. The van der Waals surface area contributed by atoms with Crippen molar-refractivity contribution >= 4 is 5.91 Å². The van der Waals surface area contributed by atoms with Crippen LogP contribution in [0, 0.1) is 6.92 Å². The third-order valence-corrected chi connectivity index (χ3v) is 4.44. The van der Waals surface area contributed by atoms with Crippen molar-refractivity contribution in [3.05, 3.63) is 35.4 Å². The second-order valence-electron chi connectivity index (χ2n) is 6.18. The lowest BCUT2D eigenvalue weighted by Gasteiger charge is -2.37. The van der Waals surface area contributed by atoms with E-state index in [9.17, 15) is 4.79 Å². The molecule has 0 spiro atoms. The molecule has 1 heterocycles. The molecule has 20 heavy (non-hydrogen) atoms. The molecular formula is C17H26N2O. The van der Waals surface area contributed by atoms with Gasteiger partial charge in [-0.2, -0.15) is 0 Å². The van der Waals surface area contributed by atoms with Crippen LogP contribution in [0.4, 0.5) is 0 Å². The lowest BCUT2D eigenvalue weighted by molar-refractivity contribution is -0.134. The second kappa shape index (κ2) is 6.40. The molecule has 2 rings (SSSR count). The minimum Gasteiger partial charge on any atom is -0.340 e. The number of hydrogen-bond acceptors (Lipinski definition) is 2. The maximum absolute atomic E-state index is 12.5. The fourth-order valence-electron chi connectivity index (χ4n) is 3.21. The van der Waals surface area contributed by atoms with Crippen LogP contribution < -0.4 is 5.73 Å². The average Bonchev–Trinajstić information content (AvgIpc) is 2.38. The zero-order valence-corrected chi connectivity index (χ0v) is 12.8. The molecule has 1 aliphatic rings. The molecule has 0 saturated carbocycles. The van der Waals surface area contributed by atoms with Crippen LogP contribution in [0.3, 0.4) is 0 Å². The summed E-state index contributed by atoms with van der Waals surface area (Å²) in [6.07, 6.45) is 2.43. The van der Waals surface area contributed by atoms with Crippen molar-refractivity contribution in [3.63, 3.8) is 0 Å². The number of likely N-dealkylation sites (tertiary alicyclic amines) is 1. The Morgan fingerprint density at radius 2 is 2.15 bits per heavy atom. The van der Waals surface area contributed by atoms with Gasteiger partial charge in [-0.05, 0) is 43.7 Å². The minimum absolute atomic E-state index is 0.253. The Hall–Kier alpha value is -1.35. The van der Waals surface area contributed by atoms with Gasteiger partial charge in [0.05, 0.1) is 0 Å². The van der Waals surface area contributed by atoms with Crippen molar-refractivity contribution in [1.29, 1.82) is 0 Å². The summed E-state index contributed by atoms with van der Waals surface area (Å²) >= 11 is 0. The van der Waals surface area contributed by atoms with E-state index in [0.29, 0.717) is 6.42 Å². The number of carbonyl (C=O) groups is 1. The smallest absolute Gasteiger partial charge is 0.223 e. The van der Waals surface area contributed by atoms with E-state index in [1.807, 2.05) is 17.0 Å². The SMILES string of the molecule is Cc1ccccc1[C@H](C)CC(=O)N1CC[C@H](N)C[C@H]1C. The average molecular weight is 274 g/mol. The molecular weight excluding hydrogens is 248 g/mol. The quantitative estimate of drug-likeness (QED) is 0.921. The first-order chi connectivity index (χ1) is 9.49. The molecule has 0 unspecified atom stereocenters. The maximum Gasteiger partial charge on any atom is 0.223 e. The molecule has 1 amide bonds. The highest BCUT2D eigenvalue weighted by Gasteiger charge is 2.27. The summed E-state index contributed by atoms with van der Waals surface area (Å²) in [6.45, 7) is 7.16.